The summed E-state index contributed by atoms with van der Waals surface area (Å²) in [6, 6.07) is 14.8. The van der Waals surface area contributed by atoms with Gasteiger partial charge in [0.1, 0.15) is 4.90 Å². The highest BCUT2D eigenvalue weighted by atomic mass is 32.2. The molecule has 0 amide bonds. The van der Waals surface area contributed by atoms with Crippen LogP contribution in [0.2, 0.25) is 0 Å². The summed E-state index contributed by atoms with van der Waals surface area (Å²) in [5.41, 5.74) is 2.68. The van der Waals surface area contributed by atoms with Crippen molar-refractivity contribution in [1.29, 1.82) is 0 Å². The first-order valence-electron chi connectivity index (χ1n) is 6.79. The van der Waals surface area contributed by atoms with E-state index in [4.69, 9.17) is 0 Å². The highest BCUT2D eigenvalue weighted by Crippen LogP contribution is 2.27. The van der Waals surface area contributed by atoms with E-state index in [1.807, 2.05) is 24.3 Å². The third-order valence-electron chi connectivity index (χ3n) is 3.47. The average molecular weight is 300 g/mol. The largest absolute Gasteiger partial charge is 0.339 e. The van der Waals surface area contributed by atoms with Crippen LogP contribution in [0.25, 0.3) is 0 Å². The molecule has 0 atom stereocenters. The van der Waals surface area contributed by atoms with E-state index < -0.39 is 10.0 Å². The van der Waals surface area contributed by atoms with Crippen LogP contribution in [-0.2, 0) is 10.0 Å². The van der Waals surface area contributed by atoms with Gasteiger partial charge in [-0.1, -0.05) is 38.1 Å². The zero-order valence-corrected chi connectivity index (χ0v) is 12.7. The number of anilines is 1. The van der Waals surface area contributed by atoms with Crippen molar-refractivity contribution in [1.82, 2.24) is 0 Å². The second-order valence-corrected chi connectivity index (χ2v) is 6.89. The fourth-order valence-corrected chi connectivity index (χ4v) is 3.46. The Balaban J connectivity index is 1.93. The van der Waals surface area contributed by atoms with Gasteiger partial charge in [-0.3, -0.25) is 0 Å². The molecule has 0 aromatic heterocycles. The lowest BCUT2D eigenvalue weighted by molar-refractivity contribution is 0.599. The number of nitrogens with zero attached hydrogens (tertiary/aromatic N) is 1. The minimum Gasteiger partial charge on any atom is -0.339 e. The highest BCUT2D eigenvalue weighted by Gasteiger charge is 2.28. The molecule has 0 spiro atoms. The van der Waals surface area contributed by atoms with Crippen LogP contribution < -0.4 is 5.32 Å². The summed E-state index contributed by atoms with van der Waals surface area (Å²) in [4.78, 5) is 0.256. The molecular weight excluding hydrogens is 284 g/mol. The lowest BCUT2D eigenvalue weighted by Gasteiger charge is -2.09. The molecule has 1 aliphatic rings. The lowest BCUT2D eigenvalue weighted by Crippen LogP contribution is -2.11. The highest BCUT2D eigenvalue weighted by molar-refractivity contribution is 7.90. The number of fused-ring (bicyclic) bond motifs is 1. The van der Waals surface area contributed by atoms with Crippen molar-refractivity contribution in [2.75, 3.05) is 5.32 Å². The second kappa shape index (κ2) is 5.00. The predicted molar refractivity (Wildman–Crippen MR) is 84.3 cm³/mol. The molecule has 5 heteroatoms. The molecule has 1 N–H and O–H groups in total. The van der Waals surface area contributed by atoms with Crippen molar-refractivity contribution in [3.63, 3.8) is 0 Å². The van der Waals surface area contributed by atoms with Gasteiger partial charge in [0.25, 0.3) is 10.0 Å². The summed E-state index contributed by atoms with van der Waals surface area (Å²) >= 11 is 0. The molecule has 0 saturated carbocycles. The van der Waals surface area contributed by atoms with E-state index in [1.165, 1.54) is 5.56 Å². The van der Waals surface area contributed by atoms with Gasteiger partial charge in [-0.25, -0.2) is 0 Å². The monoisotopic (exact) mass is 300 g/mol. The fourth-order valence-electron chi connectivity index (χ4n) is 2.28. The molecule has 4 nitrogen and oxygen atoms in total. The molecular formula is C16H16N2O2S. The molecule has 3 rings (SSSR count). The van der Waals surface area contributed by atoms with Crippen LogP contribution >= 0.6 is 0 Å². The molecule has 108 valence electrons. The van der Waals surface area contributed by atoms with Crippen LogP contribution in [0.3, 0.4) is 0 Å². The molecule has 0 unspecified atom stereocenters. The Morgan fingerprint density at radius 1 is 1.00 bits per heavy atom. The first kappa shape index (κ1) is 13.8. The Kier molecular flexibility index (Phi) is 3.29. The van der Waals surface area contributed by atoms with E-state index in [0.29, 0.717) is 17.3 Å². The van der Waals surface area contributed by atoms with Crippen LogP contribution in [0.5, 0.6) is 0 Å². The summed E-state index contributed by atoms with van der Waals surface area (Å²) < 4.78 is 27.8. The van der Waals surface area contributed by atoms with Crippen LogP contribution in [0.1, 0.15) is 30.9 Å². The molecule has 0 bridgehead atoms. The normalized spacial score (nSPS) is 15.7. The minimum atomic E-state index is -3.57. The average Bonchev–Trinajstić information content (AvgIpc) is 2.71. The second-order valence-electron chi connectivity index (χ2n) is 5.31. The maximum absolute atomic E-state index is 12.0. The van der Waals surface area contributed by atoms with Crippen molar-refractivity contribution >= 4 is 21.5 Å². The van der Waals surface area contributed by atoms with E-state index in [-0.39, 0.29) is 4.90 Å². The van der Waals surface area contributed by atoms with Crippen molar-refractivity contribution < 1.29 is 8.42 Å². The van der Waals surface area contributed by atoms with Crippen molar-refractivity contribution in [2.24, 2.45) is 4.40 Å². The van der Waals surface area contributed by atoms with E-state index in [2.05, 4.69) is 23.6 Å². The molecule has 0 saturated heterocycles. The summed E-state index contributed by atoms with van der Waals surface area (Å²) in [7, 11) is -3.57. The third kappa shape index (κ3) is 2.56. The minimum absolute atomic E-state index is 0.256. The standard InChI is InChI=1S/C16H16N2O2S/c1-11(2)12-7-9-13(10-8-12)17-16-14-5-3-4-6-15(14)21(19,20)18-16/h3-11H,1-2H3,(H,17,18). The Hall–Kier alpha value is -2.14. The number of benzene rings is 2. The maximum atomic E-state index is 12.0. The number of amidine groups is 1. The SMILES string of the molecule is CC(C)c1ccc(NC2=NS(=O)(=O)c3ccccc32)cc1. The molecule has 0 fully saturated rings. The van der Waals surface area contributed by atoms with Gasteiger partial charge in [-0.05, 0) is 35.7 Å². The Morgan fingerprint density at radius 2 is 1.67 bits per heavy atom. The first-order chi connectivity index (χ1) is 9.97. The van der Waals surface area contributed by atoms with Crippen LogP contribution in [0.15, 0.2) is 57.8 Å². The lowest BCUT2D eigenvalue weighted by atomic mass is 10.0. The quantitative estimate of drug-likeness (QED) is 0.925. The predicted octanol–water partition coefficient (Wildman–Crippen LogP) is 3.37. The number of nitrogens with one attached hydrogen (secondary N) is 1. The molecule has 2 aromatic rings. The first-order valence-corrected chi connectivity index (χ1v) is 8.23. The summed E-state index contributed by atoms with van der Waals surface area (Å²) in [5, 5.41) is 3.09. The van der Waals surface area contributed by atoms with Gasteiger partial charge in [-0.2, -0.15) is 8.42 Å². The van der Waals surface area contributed by atoms with Gasteiger partial charge in [0, 0.05) is 11.3 Å². The van der Waals surface area contributed by atoms with Crippen molar-refractivity contribution in [3.05, 3.63) is 59.7 Å². The Bertz CT molecular complexity index is 806. The van der Waals surface area contributed by atoms with Gasteiger partial charge >= 0.3 is 0 Å². The van der Waals surface area contributed by atoms with E-state index in [0.717, 1.165) is 5.69 Å². The van der Waals surface area contributed by atoms with Crippen LogP contribution in [-0.4, -0.2) is 14.3 Å². The molecule has 0 aliphatic carbocycles. The molecule has 21 heavy (non-hydrogen) atoms. The van der Waals surface area contributed by atoms with Gasteiger partial charge in [0.2, 0.25) is 0 Å². The Morgan fingerprint density at radius 3 is 2.33 bits per heavy atom. The van der Waals surface area contributed by atoms with Gasteiger partial charge < -0.3 is 5.32 Å². The number of hydrogen-bond acceptors (Lipinski definition) is 3. The number of sulfonamides is 1. The zero-order valence-electron chi connectivity index (χ0n) is 11.9. The summed E-state index contributed by atoms with van der Waals surface area (Å²) in [6.45, 7) is 4.26. The fraction of sp³-hybridized carbons (Fsp3) is 0.188. The topological polar surface area (TPSA) is 58.5 Å². The Labute approximate surface area is 124 Å². The molecule has 0 radical (unpaired) electrons. The number of rotatable bonds is 2. The van der Waals surface area contributed by atoms with E-state index >= 15 is 0 Å². The van der Waals surface area contributed by atoms with E-state index in [9.17, 15) is 8.42 Å². The van der Waals surface area contributed by atoms with Crippen LogP contribution in [0, 0.1) is 0 Å². The van der Waals surface area contributed by atoms with Crippen molar-refractivity contribution in [2.45, 2.75) is 24.7 Å². The van der Waals surface area contributed by atoms with Gasteiger partial charge in [0.05, 0.1) is 0 Å². The maximum Gasteiger partial charge on any atom is 0.285 e. The molecule has 1 heterocycles. The van der Waals surface area contributed by atoms with Gasteiger partial charge in [-0.15, -0.1) is 4.40 Å². The smallest absolute Gasteiger partial charge is 0.285 e. The van der Waals surface area contributed by atoms with Crippen LogP contribution in [0.4, 0.5) is 5.69 Å². The number of hydrogen-bond donors (Lipinski definition) is 1. The van der Waals surface area contributed by atoms with Crippen molar-refractivity contribution in [3.8, 4) is 0 Å². The molecule has 2 aromatic carbocycles. The summed E-state index contributed by atoms with van der Waals surface area (Å²) in [5.74, 6) is 0.840. The molecule has 1 aliphatic heterocycles. The van der Waals surface area contributed by atoms with Gasteiger partial charge in [0.15, 0.2) is 5.84 Å². The zero-order chi connectivity index (χ0) is 15.0. The van der Waals surface area contributed by atoms with E-state index in [1.54, 1.807) is 24.3 Å². The summed E-state index contributed by atoms with van der Waals surface area (Å²) in [6.07, 6.45) is 0. The third-order valence-corrected chi connectivity index (χ3v) is 4.81.